The third kappa shape index (κ3) is 3.77. The number of amides is 1. The lowest BCUT2D eigenvalue weighted by Gasteiger charge is -2.34. The van der Waals surface area contributed by atoms with Crippen molar-refractivity contribution in [1.29, 1.82) is 0 Å². The summed E-state index contributed by atoms with van der Waals surface area (Å²) in [7, 11) is 0. The molecule has 8 heteroatoms. The molecule has 0 saturated heterocycles. The Kier molecular flexibility index (Phi) is 5.49. The van der Waals surface area contributed by atoms with Crippen LogP contribution in [0.3, 0.4) is 0 Å². The SMILES string of the molecule is CCOC(=O)[C@H]1C[C@@H](n2nc(-c3ccc4ccc(-c5ccccc5)nc4c3)c(C(N)=O)c2N)C1. The van der Waals surface area contributed by atoms with Gasteiger partial charge in [0.25, 0.3) is 5.91 Å². The van der Waals surface area contributed by atoms with Crippen LogP contribution in [0.5, 0.6) is 0 Å². The van der Waals surface area contributed by atoms with E-state index in [2.05, 4.69) is 5.10 Å². The summed E-state index contributed by atoms with van der Waals surface area (Å²) in [6.07, 6.45) is 1.12. The van der Waals surface area contributed by atoms with Crippen molar-refractivity contribution in [1.82, 2.24) is 14.8 Å². The fourth-order valence-electron chi connectivity index (χ4n) is 4.45. The zero-order valence-electron chi connectivity index (χ0n) is 18.8. The van der Waals surface area contributed by atoms with Crippen molar-refractivity contribution in [2.45, 2.75) is 25.8 Å². The zero-order valence-corrected chi connectivity index (χ0v) is 18.8. The topological polar surface area (TPSA) is 126 Å². The average Bonchev–Trinajstić information content (AvgIpc) is 3.15. The van der Waals surface area contributed by atoms with Crippen LogP contribution >= 0.6 is 0 Å². The number of carbonyl (C=O) groups excluding carboxylic acids is 2. The molecule has 4 aromatic rings. The summed E-state index contributed by atoms with van der Waals surface area (Å²) >= 11 is 0. The molecule has 2 aromatic heterocycles. The van der Waals surface area contributed by atoms with E-state index < -0.39 is 5.91 Å². The third-order valence-electron chi connectivity index (χ3n) is 6.31. The van der Waals surface area contributed by atoms with Gasteiger partial charge in [-0.05, 0) is 31.9 Å². The Hall–Kier alpha value is -4.20. The minimum atomic E-state index is -0.647. The van der Waals surface area contributed by atoms with Crippen LogP contribution in [0, 0.1) is 5.92 Å². The van der Waals surface area contributed by atoms with E-state index in [9.17, 15) is 9.59 Å². The van der Waals surface area contributed by atoms with Crippen LogP contribution in [-0.2, 0) is 9.53 Å². The predicted molar refractivity (Wildman–Crippen MR) is 130 cm³/mol. The molecular formula is C26H25N5O3. The third-order valence-corrected chi connectivity index (χ3v) is 6.31. The Balaban J connectivity index is 1.51. The second-order valence-corrected chi connectivity index (χ2v) is 8.46. The monoisotopic (exact) mass is 455 g/mol. The van der Waals surface area contributed by atoms with E-state index in [1.165, 1.54) is 0 Å². The lowest BCUT2D eigenvalue weighted by Crippen LogP contribution is -2.34. The molecule has 172 valence electrons. The molecule has 0 spiro atoms. The number of nitrogen functional groups attached to an aromatic ring is 1. The molecule has 0 radical (unpaired) electrons. The maximum absolute atomic E-state index is 12.3. The maximum Gasteiger partial charge on any atom is 0.309 e. The number of aromatic nitrogens is 3. The Morgan fingerprint density at radius 1 is 1.06 bits per heavy atom. The number of pyridine rings is 1. The van der Waals surface area contributed by atoms with Crippen LogP contribution < -0.4 is 11.5 Å². The molecule has 0 aliphatic heterocycles. The zero-order chi connectivity index (χ0) is 23.8. The molecule has 0 unspecified atom stereocenters. The first-order valence-corrected chi connectivity index (χ1v) is 11.3. The number of hydrogen-bond acceptors (Lipinski definition) is 6. The molecule has 8 nitrogen and oxygen atoms in total. The summed E-state index contributed by atoms with van der Waals surface area (Å²) in [4.78, 5) is 29.1. The van der Waals surface area contributed by atoms with Crippen LogP contribution in [0.1, 0.15) is 36.2 Å². The highest BCUT2D eigenvalue weighted by Crippen LogP contribution is 2.41. The molecule has 0 atom stereocenters. The van der Waals surface area contributed by atoms with Crippen molar-refractivity contribution in [2.75, 3.05) is 12.3 Å². The van der Waals surface area contributed by atoms with Gasteiger partial charge in [-0.25, -0.2) is 9.67 Å². The number of rotatable bonds is 6. The fourth-order valence-corrected chi connectivity index (χ4v) is 4.45. The lowest BCUT2D eigenvalue weighted by atomic mass is 9.80. The molecule has 2 heterocycles. The normalized spacial score (nSPS) is 17.3. The molecule has 5 rings (SSSR count). The highest BCUT2D eigenvalue weighted by Gasteiger charge is 2.39. The van der Waals surface area contributed by atoms with Crippen molar-refractivity contribution in [3.05, 3.63) is 66.2 Å². The van der Waals surface area contributed by atoms with E-state index in [-0.39, 0.29) is 29.3 Å². The number of nitrogens with zero attached hydrogens (tertiary/aromatic N) is 3. The molecule has 1 fully saturated rings. The molecule has 2 aromatic carbocycles. The predicted octanol–water partition coefficient (Wildman–Crippen LogP) is 3.96. The van der Waals surface area contributed by atoms with Gasteiger partial charge >= 0.3 is 5.97 Å². The number of benzene rings is 2. The van der Waals surface area contributed by atoms with Gasteiger partial charge in [-0.2, -0.15) is 5.10 Å². The summed E-state index contributed by atoms with van der Waals surface area (Å²) in [5, 5.41) is 5.63. The number of nitrogens with two attached hydrogens (primary N) is 2. The number of hydrogen-bond donors (Lipinski definition) is 2. The average molecular weight is 456 g/mol. The Bertz CT molecular complexity index is 1390. The van der Waals surface area contributed by atoms with Crippen LogP contribution in [0.2, 0.25) is 0 Å². The molecule has 1 aliphatic rings. The smallest absolute Gasteiger partial charge is 0.309 e. The van der Waals surface area contributed by atoms with Crippen LogP contribution in [-0.4, -0.2) is 33.2 Å². The van der Waals surface area contributed by atoms with Crippen molar-refractivity contribution in [2.24, 2.45) is 11.7 Å². The minimum absolute atomic E-state index is 0.0930. The summed E-state index contributed by atoms with van der Waals surface area (Å²) < 4.78 is 6.71. The minimum Gasteiger partial charge on any atom is -0.466 e. The number of fused-ring (bicyclic) bond motifs is 1. The quantitative estimate of drug-likeness (QED) is 0.424. The summed E-state index contributed by atoms with van der Waals surface area (Å²) in [5.41, 5.74) is 15.9. The van der Waals surface area contributed by atoms with Gasteiger partial charge in [0.05, 0.1) is 29.8 Å². The van der Waals surface area contributed by atoms with Crippen molar-refractivity contribution in [3.63, 3.8) is 0 Å². The largest absolute Gasteiger partial charge is 0.466 e. The molecule has 0 bridgehead atoms. The van der Waals surface area contributed by atoms with Gasteiger partial charge in [-0.15, -0.1) is 0 Å². The number of ether oxygens (including phenoxy) is 1. The molecule has 4 N–H and O–H groups in total. The molecule has 1 amide bonds. The van der Waals surface area contributed by atoms with Gasteiger partial charge in [-0.3, -0.25) is 9.59 Å². The van der Waals surface area contributed by atoms with E-state index in [1.807, 2.05) is 60.7 Å². The van der Waals surface area contributed by atoms with Gasteiger partial charge in [0.15, 0.2) is 0 Å². The van der Waals surface area contributed by atoms with Gasteiger partial charge in [0.1, 0.15) is 17.1 Å². The highest BCUT2D eigenvalue weighted by atomic mass is 16.5. The Labute approximate surface area is 196 Å². The van der Waals surface area contributed by atoms with Crippen LogP contribution in [0.4, 0.5) is 5.82 Å². The highest BCUT2D eigenvalue weighted by molar-refractivity contribution is 6.04. The van der Waals surface area contributed by atoms with E-state index in [0.717, 1.165) is 22.2 Å². The fraction of sp³-hybridized carbons (Fsp3) is 0.231. The number of esters is 1. The van der Waals surface area contributed by atoms with Gasteiger partial charge in [-0.1, -0.05) is 48.5 Å². The summed E-state index contributed by atoms with van der Waals surface area (Å²) in [6.45, 7) is 2.13. The first-order chi connectivity index (χ1) is 16.5. The molecule has 1 saturated carbocycles. The van der Waals surface area contributed by atoms with E-state index in [0.29, 0.717) is 30.7 Å². The molecule has 34 heavy (non-hydrogen) atoms. The van der Waals surface area contributed by atoms with Crippen molar-refractivity contribution in [3.8, 4) is 22.5 Å². The van der Waals surface area contributed by atoms with Gasteiger partial charge in [0.2, 0.25) is 0 Å². The van der Waals surface area contributed by atoms with Crippen molar-refractivity contribution < 1.29 is 14.3 Å². The van der Waals surface area contributed by atoms with E-state index in [1.54, 1.807) is 11.6 Å². The maximum atomic E-state index is 12.3. The van der Waals surface area contributed by atoms with Gasteiger partial charge < -0.3 is 16.2 Å². The Morgan fingerprint density at radius 2 is 1.79 bits per heavy atom. The summed E-state index contributed by atoms with van der Waals surface area (Å²) in [6, 6.07) is 19.5. The van der Waals surface area contributed by atoms with Crippen LogP contribution in [0.25, 0.3) is 33.4 Å². The second-order valence-electron chi connectivity index (χ2n) is 8.46. The van der Waals surface area contributed by atoms with E-state index in [4.69, 9.17) is 21.2 Å². The molecule has 1 aliphatic carbocycles. The molecular weight excluding hydrogens is 430 g/mol. The first-order valence-electron chi connectivity index (χ1n) is 11.3. The van der Waals surface area contributed by atoms with Crippen molar-refractivity contribution >= 4 is 28.6 Å². The Morgan fingerprint density at radius 3 is 2.50 bits per heavy atom. The summed E-state index contributed by atoms with van der Waals surface area (Å²) in [5.74, 6) is -0.836. The first kappa shape index (κ1) is 21.6. The number of anilines is 1. The van der Waals surface area contributed by atoms with E-state index >= 15 is 0 Å². The van der Waals surface area contributed by atoms with Crippen LogP contribution in [0.15, 0.2) is 60.7 Å². The standard InChI is InChI=1S/C26H25N5O3/c1-2-34-26(33)18-12-19(13-18)31-24(27)22(25(28)32)23(30-31)17-9-8-16-10-11-20(29-21(16)14-17)15-6-4-3-5-7-15/h3-11,14,18-19H,2,12-13,27H2,1H3,(H2,28,32)/t18-,19+. The number of carbonyl (C=O) groups is 2. The van der Waals surface area contributed by atoms with Gasteiger partial charge in [0, 0.05) is 16.5 Å². The second kappa shape index (κ2) is 8.62. The number of primary amides is 1. The lowest BCUT2D eigenvalue weighted by molar-refractivity contribution is -0.152.